The zero-order valence-corrected chi connectivity index (χ0v) is 17.1. The summed E-state index contributed by atoms with van der Waals surface area (Å²) in [6.45, 7) is 7.45. The second-order valence-corrected chi connectivity index (χ2v) is 12.3. The van der Waals surface area contributed by atoms with Crippen molar-refractivity contribution in [1.82, 2.24) is 0 Å². The molecule has 0 aliphatic heterocycles. The van der Waals surface area contributed by atoms with Crippen LogP contribution in [0, 0.1) is 0 Å². The molecule has 0 saturated carbocycles. The molecule has 0 aliphatic rings. The molecule has 0 bridgehead atoms. The fraction of sp³-hybridized carbons (Fsp3) is 0.400. The molecule has 0 spiro atoms. The van der Waals surface area contributed by atoms with Crippen LogP contribution >= 0.6 is 23.2 Å². The molecule has 0 radical (unpaired) electrons. The second-order valence-electron chi connectivity index (χ2n) is 7.05. The van der Waals surface area contributed by atoms with Crippen LogP contribution in [0.2, 0.25) is 5.04 Å². The van der Waals surface area contributed by atoms with Gasteiger partial charge in [-0.05, 0) is 21.8 Å². The molecule has 2 aromatic rings. The van der Waals surface area contributed by atoms with Crippen LogP contribution in [-0.2, 0) is 4.43 Å². The van der Waals surface area contributed by atoms with Gasteiger partial charge in [0.15, 0.2) is 0 Å². The van der Waals surface area contributed by atoms with Crippen molar-refractivity contribution in [3.63, 3.8) is 0 Å². The maximum atomic E-state index is 6.73. The van der Waals surface area contributed by atoms with Crippen LogP contribution in [0.1, 0.15) is 27.2 Å². The number of rotatable bonds is 7. The van der Waals surface area contributed by atoms with E-state index >= 15 is 0 Å². The van der Waals surface area contributed by atoms with Gasteiger partial charge in [0.05, 0.1) is 0 Å². The van der Waals surface area contributed by atoms with E-state index in [0.717, 1.165) is 6.42 Å². The maximum absolute atomic E-state index is 6.73. The van der Waals surface area contributed by atoms with E-state index in [1.54, 1.807) is 0 Å². The Kier molecular flexibility index (Phi) is 6.94. The summed E-state index contributed by atoms with van der Waals surface area (Å²) >= 11 is 12.1. The van der Waals surface area contributed by atoms with Crippen LogP contribution in [-0.4, -0.2) is 26.2 Å². The second kappa shape index (κ2) is 8.53. The molecule has 0 heterocycles. The van der Waals surface area contributed by atoms with Gasteiger partial charge in [-0.2, -0.15) is 0 Å². The monoisotopic (exact) mass is 380 g/mol. The van der Waals surface area contributed by atoms with Crippen LogP contribution in [0.4, 0.5) is 0 Å². The van der Waals surface area contributed by atoms with Gasteiger partial charge < -0.3 is 4.43 Å². The van der Waals surface area contributed by atoms with E-state index in [1.807, 2.05) is 0 Å². The molecule has 130 valence electrons. The summed E-state index contributed by atoms with van der Waals surface area (Å²) in [6, 6.07) is 21.3. The SMILES string of the molecule is CC(C)(C)[Si](OCCC(Cl)CCl)(c1ccccc1)c1ccccc1. The van der Waals surface area contributed by atoms with E-state index in [1.165, 1.54) is 10.4 Å². The van der Waals surface area contributed by atoms with Crippen molar-refractivity contribution in [1.29, 1.82) is 0 Å². The Morgan fingerprint density at radius 1 is 0.917 bits per heavy atom. The summed E-state index contributed by atoms with van der Waals surface area (Å²) in [7, 11) is -2.43. The van der Waals surface area contributed by atoms with Crippen LogP contribution in [0.3, 0.4) is 0 Å². The number of hydrogen-bond acceptors (Lipinski definition) is 1. The van der Waals surface area contributed by atoms with Crippen molar-refractivity contribution < 1.29 is 4.43 Å². The molecule has 0 saturated heterocycles. The van der Waals surface area contributed by atoms with Gasteiger partial charge in [-0.1, -0.05) is 81.4 Å². The van der Waals surface area contributed by atoms with Gasteiger partial charge in [-0.3, -0.25) is 0 Å². The van der Waals surface area contributed by atoms with Crippen molar-refractivity contribution in [3.8, 4) is 0 Å². The van der Waals surface area contributed by atoms with E-state index < -0.39 is 8.32 Å². The molecule has 0 amide bonds. The minimum absolute atomic E-state index is 0.00151. The Bertz CT molecular complexity index is 571. The molecule has 0 aromatic heterocycles. The highest BCUT2D eigenvalue weighted by atomic mass is 35.5. The summed E-state index contributed by atoms with van der Waals surface area (Å²) in [5.74, 6) is 0.450. The molecule has 24 heavy (non-hydrogen) atoms. The number of hydrogen-bond donors (Lipinski definition) is 0. The highest BCUT2D eigenvalue weighted by Gasteiger charge is 2.49. The minimum Gasteiger partial charge on any atom is -0.407 e. The number of halogens is 2. The van der Waals surface area contributed by atoms with Crippen LogP contribution in [0.5, 0.6) is 0 Å². The standard InChI is InChI=1S/C20H26Cl2OSi/c1-20(2,3)24(18-10-6-4-7-11-18,19-12-8-5-9-13-19)23-15-14-17(22)16-21/h4-13,17H,14-16H2,1-3H3. The highest BCUT2D eigenvalue weighted by Crippen LogP contribution is 2.36. The lowest BCUT2D eigenvalue weighted by Gasteiger charge is -2.43. The summed E-state index contributed by atoms with van der Waals surface area (Å²) in [5, 5.41) is 2.53. The predicted octanol–water partition coefficient (Wildman–Crippen LogP) is 4.80. The summed E-state index contributed by atoms with van der Waals surface area (Å²) in [4.78, 5) is 0. The third-order valence-electron chi connectivity index (χ3n) is 4.33. The lowest BCUT2D eigenvalue weighted by molar-refractivity contribution is 0.292. The Hall–Kier alpha value is -0.803. The number of benzene rings is 2. The van der Waals surface area contributed by atoms with E-state index in [4.69, 9.17) is 27.6 Å². The first kappa shape index (κ1) is 19.5. The zero-order valence-electron chi connectivity index (χ0n) is 14.6. The molecule has 1 atom stereocenters. The zero-order chi connectivity index (χ0) is 17.6. The smallest absolute Gasteiger partial charge is 0.261 e. The van der Waals surface area contributed by atoms with E-state index in [9.17, 15) is 0 Å². The molecule has 4 heteroatoms. The van der Waals surface area contributed by atoms with Gasteiger partial charge in [0, 0.05) is 17.9 Å². The quantitative estimate of drug-likeness (QED) is 0.495. The Labute approximate surface area is 157 Å². The lowest BCUT2D eigenvalue weighted by Crippen LogP contribution is -2.66. The van der Waals surface area contributed by atoms with Crippen molar-refractivity contribution in [2.45, 2.75) is 37.6 Å². The molecule has 2 rings (SSSR count). The third-order valence-corrected chi connectivity index (χ3v) is 10.3. The van der Waals surface area contributed by atoms with Gasteiger partial charge in [-0.25, -0.2) is 0 Å². The van der Waals surface area contributed by atoms with Crippen molar-refractivity contribution >= 4 is 41.9 Å². The van der Waals surface area contributed by atoms with E-state index in [-0.39, 0.29) is 10.4 Å². The van der Waals surface area contributed by atoms with Gasteiger partial charge in [0.25, 0.3) is 8.32 Å². The highest BCUT2D eigenvalue weighted by molar-refractivity contribution is 6.99. The van der Waals surface area contributed by atoms with Crippen LogP contribution < -0.4 is 10.4 Å². The normalized spacial score (nSPS) is 13.7. The Morgan fingerprint density at radius 2 is 1.38 bits per heavy atom. The topological polar surface area (TPSA) is 9.23 Å². The molecule has 0 fully saturated rings. The first-order valence-corrected chi connectivity index (χ1v) is 11.2. The first-order valence-electron chi connectivity index (χ1n) is 8.37. The minimum atomic E-state index is -2.43. The molecule has 0 aliphatic carbocycles. The number of alkyl halides is 2. The Balaban J connectivity index is 2.49. The largest absolute Gasteiger partial charge is 0.407 e. The molecule has 2 aromatic carbocycles. The fourth-order valence-electron chi connectivity index (χ4n) is 3.18. The molecule has 0 N–H and O–H groups in total. The van der Waals surface area contributed by atoms with Crippen LogP contribution in [0.15, 0.2) is 60.7 Å². The van der Waals surface area contributed by atoms with E-state index in [0.29, 0.717) is 12.5 Å². The van der Waals surface area contributed by atoms with Gasteiger partial charge in [0.2, 0.25) is 0 Å². The van der Waals surface area contributed by atoms with Crippen LogP contribution in [0.25, 0.3) is 0 Å². The molecule has 1 nitrogen and oxygen atoms in total. The van der Waals surface area contributed by atoms with Crippen molar-refractivity contribution in [2.24, 2.45) is 0 Å². The van der Waals surface area contributed by atoms with E-state index in [2.05, 4.69) is 81.4 Å². The lowest BCUT2D eigenvalue weighted by atomic mass is 10.2. The van der Waals surface area contributed by atoms with Gasteiger partial charge >= 0.3 is 0 Å². The first-order chi connectivity index (χ1) is 11.4. The average molecular weight is 381 g/mol. The molecular weight excluding hydrogens is 355 g/mol. The third kappa shape index (κ3) is 4.23. The van der Waals surface area contributed by atoms with Gasteiger partial charge in [0.1, 0.15) is 0 Å². The summed E-state index contributed by atoms with van der Waals surface area (Å²) in [6.07, 6.45) is 0.759. The fourth-order valence-corrected chi connectivity index (χ4v) is 8.00. The molecular formula is C20H26Cl2OSi. The summed E-state index contributed by atoms with van der Waals surface area (Å²) in [5.41, 5.74) is 0. The predicted molar refractivity (Wildman–Crippen MR) is 109 cm³/mol. The van der Waals surface area contributed by atoms with Crippen molar-refractivity contribution in [3.05, 3.63) is 60.7 Å². The Morgan fingerprint density at radius 3 is 1.75 bits per heavy atom. The molecule has 1 unspecified atom stereocenters. The van der Waals surface area contributed by atoms with Crippen molar-refractivity contribution in [2.75, 3.05) is 12.5 Å². The maximum Gasteiger partial charge on any atom is 0.261 e. The summed E-state index contributed by atoms with van der Waals surface area (Å²) < 4.78 is 6.73. The average Bonchev–Trinajstić information content (AvgIpc) is 2.59. The van der Waals surface area contributed by atoms with Gasteiger partial charge in [-0.15, -0.1) is 23.2 Å².